The molecule has 2 amide bonds. The zero-order valence-electron chi connectivity index (χ0n) is 10.2. The van der Waals surface area contributed by atoms with Crippen LogP contribution in [0.25, 0.3) is 0 Å². The Labute approximate surface area is 114 Å². The van der Waals surface area contributed by atoms with Crippen LogP contribution in [0.4, 0.5) is 10.5 Å². The summed E-state index contributed by atoms with van der Waals surface area (Å²) in [6.07, 6.45) is 0.805. The maximum atomic E-state index is 11.6. The Bertz CT molecular complexity index is 463. The molecule has 0 fully saturated rings. The number of carboxylic acids is 1. The van der Waals surface area contributed by atoms with Gasteiger partial charge in [-0.15, -0.1) is 0 Å². The molecule has 18 heavy (non-hydrogen) atoms. The normalized spacial score (nSPS) is 11.7. The third kappa shape index (κ3) is 4.03. The van der Waals surface area contributed by atoms with E-state index in [4.69, 9.17) is 5.11 Å². The van der Waals surface area contributed by atoms with E-state index >= 15 is 0 Å². The van der Waals surface area contributed by atoms with Gasteiger partial charge in [0.2, 0.25) is 0 Å². The number of carboxylic acid groups (broad SMARTS) is 1. The number of hydrogen-bond acceptors (Lipinski definition) is 2. The molecular formula is C12H15BrN2O3. The number of amides is 2. The van der Waals surface area contributed by atoms with Crippen molar-refractivity contribution in [2.75, 3.05) is 5.32 Å². The highest BCUT2D eigenvalue weighted by Gasteiger charge is 2.13. The highest BCUT2D eigenvalue weighted by molar-refractivity contribution is 9.10. The molecule has 1 rings (SSSR count). The fourth-order valence-electron chi connectivity index (χ4n) is 1.29. The lowest BCUT2D eigenvalue weighted by Gasteiger charge is -2.13. The Morgan fingerprint density at radius 2 is 2.11 bits per heavy atom. The highest BCUT2D eigenvalue weighted by Crippen LogP contribution is 2.21. The monoisotopic (exact) mass is 314 g/mol. The molecule has 0 aliphatic rings. The van der Waals surface area contributed by atoms with Crippen molar-refractivity contribution >= 4 is 33.6 Å². The average Bonchev–Trinajstić information content (AvgIpc) is 2.30. The van der Waals surface area contributed by atoms with E-state index in [0.29, 0.717) is 4.47 Å². The van der Waals surface area contributed by atoms with Crippen molar-refractivity contribution in [1.82, 2.24) is 5.32 Å². The molecule has 1 aromatic carbocycles. The van der Waals surface area contributed by atoms with Gasteiger partial charge in [0.1, 0.15) is 0 Å². The minimum Gasteiger partial charge on any atom is -0.478 e. The number of anilines is 1. The first-order valence-corrected chi connectivity index (χ1v) is 6.33. The molecule has 0 spiro atoms. The van der Waals surface area contributed by atoms with E-state index in [1.807, 2.05) is 13.8 Å². The van der Waals surface area contributed by atoms with E-state index in [2.05, 4.69) is 26.6 Å². The first-order valence-electron chi connectivity index (χ1n) is 5.54. The van der Waals surface area contributed by atoms with Gasteiger partial charge in [-0.05, 0) is 31.5 Å². The molecule has 6 heteroatoms. The van der Waals surface area contributed by atoms with Crippen molar-refractivity contribution in [3.63, 3.8) is 0 Å². The molecule has 1 aromatic rings. The summed E-state index contributed by atoms with van der Waals surface area (Å²) in [6.45, 7) is 3.83. The summed E-state index contributed by atoms with van der Waals surface area (Å²) in [5.74, 6) is -1.09. The van der Waals surface area contributed by atoms with Crippen LogP contribution >= 0.6 is 15.9 Å². The van der Waals surface area contributed by atoms with Crippen molar-refractivity contribution in [3.05, 3.63) is 28.2 Å². The van der Waals surface area contributed by atoms with Crippen LogP contribution in [0, 0.1) is 0 Å². The van der Waals surface area contributed by atoms with Crippen molar-refractivity contribution in [2.45, 2.75) is 26.3 Å². The van der Waals surface area contributed by atoms with Gasteiger partial charge in [0, 0.05) is 10.5 Å². The average molecular weight is 315 g/mol. The minimum absolute atomic E-state index is 0.0359. The molecule has 0 aliphatic heterocycles. The lowest BCUT2D eigenvalue weighted by atomic mass is 10.2. The summed E-state index contributed by atoms with van der Waals surface area (Å²) < 4.78 is 0.646. The highest BCUT2D eigenvalue weighted by atomic mass is 79.9. The van der Waals surface area contributed by atoms with Crippen molar-refractivity contribution in [2.24, 2.45) is 0 Å². The molecule has 5 nitrogen and oxygen atoms in total. The summed E-state index contributed by atoms with van der Waals surface area (Å²) in [6, 6.07) is 4.29. The number of hydrogen-bond donors (Lipinski definition) is 3. The fraction of sp³-hybridized carbons (Fsp3) is 0.333. The second-order valence-electron chi connectivity index (χ2n) is 3.90. The van der Waals surface area contributed by atoms with Gasteiger partial charge in [-0.2, -0.15) is 0 Å². The molecule has 0 bridgehead atoms. The van der Waals surface area contributed by atoms with Crippen molar-refractivity contribution < 1.29 is 14.7 Å². The summed E-state index contributed by atoms with van der Waals surface area (Å²) in [5, 5.41) is 14.3. The van der Waals surface area contributed by atoms with E-state index in [1.165, 1.54) is 6.07 Å². The number of carbonyl (C=O) groups excluding carboxylic acids is 1. The first kappa shape index (κ1) is 14.5. The van der Waals surface area contributed by atoms with Gasteiger partial charge in [-0.1, -0.05) is 22.9 Å². The second-order valence-corrected chi connectivity index (χ2v) is 4.82. The fourth-order valence-corrected chi connectivity index (χ4v) is 1.65. The molecule has 1 unspecified atom stereocenters. The van der Waals surface area contributed by atoms with Crippen LogP contribution in [-0.2, 0) is 0 Å². The molecule has 0 saturated heterocycles. The second kappa shape index (κ2) is 6.39. The van der Waals surface area contributed by atoms with Crippen LogP contribution in [0.5, 0.6) is 0 Å². The van der Waals surface area contributed by atoms with E-state index in [-0.39, 0.29) is 17.3 Å². The Kier molecular flexibility index (Phi) is 5.15. The molecule has 98 valence electrons. The number of carbonyl (C=O) groups is 2. The number of halogens is 1. The molecular weight excluding hydrogens is 300 g/mol. The van der Waals surface area contributed by atoms with E-state index in [9.17, 15) is 9.59 Å². The predicted molar refractivity (Wildman–Crippen MR) is 73.0 cm³/mol. The van der Waals surface area contributed by atoms with Crippen LogP contribution < -0.4 is 10.6 Å². The summed E-state index contributed by atoms with van der Waals surface area (Å²) in [7, 11) is 0. The molecule has 0 aromatic heterocycles. The summed E-state index contributed by atoms with van der Waals surface area (Å²) >= 11 is 3.19. The van der Waals surface area contributed by atoms with E-state index < -0.39 is 12.0 Å². The summed E-state index contributed by atoms with van der Waals surface area (Å²) in [4.78, 5) is 22.7. The van der Waals surface area contributed by atoms with E-state index in [1.54, 1.807) is 12.1 Å². The molecule has 0 heterocycles. The van der Waals surface area contributed by atoms with Crippen LogP contribution in [0.3, 0.4) is 0 Å². The van der Waals surface area contributed by atoms with Gasteiger partial charge in [0.25, 0.3) is 0 Å². The topological polar surface area (TPSA) is 78.4 Å². The largest absolute Gasteiger partial charge is 0.478 e. The zero-order chi connectivity index (χ0) is 13.7. The molecule has 3 N–H and O–H groups in total. The number of aromatic carboxylic acids is 1. The van der Waals surface area contributed by atoms with Gasteiger partial charge in [-0.3, -0.25) is 0 Å². The Morgan fingerprint density at radius 3 is 2.67 bits per heavy atom. The van der Waals surface area contributed by atoms with Crippen LogP contribution in [-0.4, -0.2) is 23.1 Å². The predicted octanol–water partition coefficient (Wildman–Crippen LogP) is 3.07. The van der Waals surface area contributed by atoms with Gasteiger partial charge < -0.3 is 15.7 Å². The minimum atomic E-state index is -1.09. The quantitative estimate of drug-likeness (QED) is 0.799. The smallest absolute Gasteiger partial charge is 0.337 e. The summed E-state index contributed by atoms with van der Waals surface area (Å²) in [5.41, 5.74) is 0.315. The molecule has 1 atom stereocenters. The van der Waals surface area contributed by atoms with Crippen molar-refractivity contribution in [3.8, 4) is 0 Å². The van der Waals surface area contributed by atoms with Crippen LogP contribution in [0.15, 0.2) is 22.7 Å². The number of benzene rings is 1. The molecule has 0 saturated carbocycles. The molecule has 0 aliphatic carbocycles. The lowest BCUT2D eigenvalue weighted by molar-refractivity contribution is 0.0698. The Balaban J connectivity index is 2.84. The molecule has 0 radical (unpaired) electrons. The zero-order valence-corrected chi connectivity index (χ0v) is 11.7. The number of rotatable bonds is 4. The van der Waals surface area contributed by atoms with Crippen LogP contribution in [0.2, 0.25) is 0 Å². The third-order valence-electron chi connectivity index (χ3n) is 2.45. The van der Waals surface area contributed by atoms with Gasteiger partial charge in [0.15, 0.2) is 0 Å². The first-order chi connectivity index (χ1) is 8.43. The third-order valence-corrected chi connectivity index (χ3v) is 2.94. The number of nitrogens with one attached hydrogen (secondary N) is 2. The van der Waals surface area contributed by atoms with E-state index in [0.717, 1.165) is 6.42 Å². The Hall–Kier alpha value is -1.56. The van der Waals surface area contributed by atoms with Gasteiger partial charge >= 0.3 is 12.0 Å². The maximum absolute atomic E-state index is 11.6. The van der Waals surface area contributed by atoms with Crippen molar-refractivity contribution in [1.29, 1.82) is 0 Å². The standard InChI is InChI=1S/C12H15BrN2O3/c1-3-7(2)14-12(18)15-10-5-4-8(13)6-9(10)11(16)17/h4-7H,3H2,1-2H3,(H,16,17)(H2,14,15,18). The van der Waals surface area contributed by atoms with Crippen LogP contribution in [0.1, 0.15) is 30.6 Å². The Morgan fingerprint density at radius 1 is 1.44 bits per heavy atom. The maximum Gasteiger partial charge on any atom is 0.337 e. The van der Waals surface area contributed by atoms with Gasteiger partial charge in [-0.25, -0.2) is 9.59 Å². The lowest BCUT2D eigenvalue weighted by Crippen LogP contribution is -2.35. The number of urea groups is 1. The SMILES string of the molecule is CCC(C)NC(=O)Nc1ccc(Br)cc1C(=O)O. The van der Waals surface area contributed by atoms with Gasteiger partial charge in [0.05, 0.1) is 11.3 Å².